The van der Waals surface area contributed by atoms with Crippen LogP contribution in [0.3, 0.4) is 0 Å². The summed E-state index contributed by atoms with van der Waals surface area (Å²) >= 11 is 3.75. The number of aromatic amines is 2. The minimum Gasteiger partial charge on any atom is -0.379 e. The summed E-state index contributed by atoms with van der Waals surface area (Å²) in [6.07, 6.45) is 8.37. The lowest BCUT2D eigenvalue weighted by molar-refractivity contribution is 0.0443. The minimum absolute atomic E-state index is 0.0444. The molecular formula is C61H82BrN11O3. The molecule has 14 nitrogen and oxygen atoms in total. The average molecular weight is 1100 g/mol. The number of halogens is 1. The summed E-state index contributed by atoms with van der Waals surface area (Å²) in [5.41, 5.74) is 8.52. The number of benzene rings is 2. The Labute approximate surface area is 459 Å². The van der Waals surface area contributed by atoms with Gasteiger partial charge in [-0.05, 0) is 155 Å². The van der Waals surface area contributed by atoms with Crippen molar-refractivity contribution >= 4 is 60.5 Å². The lowest BCUT2D eigenvalue weighted by Crippen LogP contribution is -2.47. The summed E-state index contributed by atoms with van der Waals surface area (Å²) in [4.78, 5) is 53.1. The maximum atomic E-state index is 12.7. The molecule has 3 fully saturated rings. The van der Waals surface area contributed by atoms with Crippen LogP contribution in [0.1, 0.15) is 106 Å². The van der Waals surface area contributed by atoms with Gasteiger partial charge >= 0.3 is 0 Å². The summed E-state index contributed by atoms with van der Waals surface area (Å²) < 4.78 is 6.53. The zero-order valence-corrected chi connectivity index (χ0v) is 48.4. The van der Waals surface area contributed by atoms with Gasteiger partial charge < -0.3 is 44.9 Å². The molecule has 15 heteroatoms. The molecule has 9 rings (SSSR count). The number of morpholine rings is 1. The molecule has 0 spiro atoms. The average Bonchev–Trinajstić information content (AvgIpc) is 3.39. The Bertz CT molecular complexity index is 3120. The molecule has 6 aromatic rings. The molecule has 3 aliphatic heterocycles. The van der Waals surface area contributed by atoms with Gasteiger partial charge in [-0.25, -0.2) is 9.97 Å². The number of likely N-dealkylation sites (tertiary alicyclic amines) is 2. The Morgan fingerprint density at radius 2 is 1.12 bits per heavy atom. The number of ether oxygens (including phenoxy) is 1. The van der Waals surface area contributed by atoms with E-state index in [2.05, 4.69) is 156 Å². The van der Waals surface area contributed by atoms with Gasteiger partial charge in [-0.3, -0.25) is 14.5 Å². The molecular weight excluding hydrogens is 1010 g/mol. The predicted molar refractivity (Wildman–Crippen MR) is 319 cm³/mol. The van der Waals surface area contributed by atoms with Gasteiger partial charge in [-0.15, -0.1) is 0 Å². The number of hydrogen-bond donors (Lipinski definition) is 4. The van der Waals surface area contributed by atoms with Crippen LogP contribution in [0.2, 0.25) is 0 Å². The standard InChI is InChI=1S/C34H46N6O2.C27H36BrN5O/c1-6-40(28-10-14-39(15-11-28)24(2)3)32-22-27(8-7-13-38-16-18-42-19-17-38)21-30-29(32)9-12-35-33(30)36-23-31-25(4)20-26(5)37-34(31)41;1-6-33(21-8-11-32(12-9-21)17(2)3)25-15-20(28)14-23-22(25)7-10-29-26(23)30-16-24-18(4)13-19(5)31-27(24)34/h9,12,20-22,24,28H,6,10-11,13-19,23H2,1-5H3,(H,35,36)(H,37,41);7,10,13-15,17,21H,6,8-9,11-12,16H2,1-5H3,(H,29,30)(H,31,34). The molecule has 0 amide bonds. The fourth-order valence-electron chi connectivity index (χ4n) is 11.6. The van der Waals surface area contributed by atoms with E-state index in [1.54, 1.807) is 0 Å². The van der Waals surface area contributed by atoms with Gasteiger partial charge in [-0.1, -0.05) is 27.8 Å². The van der Waals surface area contributed by atoms with Crippen molar-refractivity contribution in [3.63, 3.8) is 0 Å². The highest BCUT2D eigenvalue weighted by atomic mass is 79.9. The van der Waals surface area contributed by atoms with E-state index in [0.717, 1.165) is 156 Å². The van der Waals surface area contributed by atoms with Crippen molar-refractivity contribution < 1.29 is 4.74 Å². The predicted octanol–water partition coefficient (Wildman–Crippen LogP) is 10.1. The summed E-state index contributed by atoms with van der Waals surface area (Å²) in [5, 5.41) is 11.4. The van der Waals surface area contributed by atoms with Crippen LogP contribution < -0.4 is 31.6 Å². The lowest BCUT2D eigenvalue weighted by atomic mass is 9.98. The van der Waals surface area contributed by atoms with Crippen LogP contribution in [-0.2, 0) is 17.8 Å². The summed E-state index contributed by atoms with van der Waals surface area (Å²) in [6, 6.07) is 19.2. The van der Waals surface area contributed by atoms with E-state index >= 15 is 0 Å². The monoisotopic (exact) mass is 1100 g/mol. The molecule has 4 aromatic heterocycles. The van der Waals surface area contributed by atoms with Gasteiger partial charge in [0.25, 0.3) is 11.1 Å². The van der Waals surface area contributed by atoms with Crippen LogP contribution in [0.5, 0.6) is 0 Å². The zero-order valence-electron chi connectivity index (χ0n) is 46.8. The SMILES string of the molecule is CCN(c1cc(Br)cc2c(NCc3c(C)cc(C)[nH]c3=O)nccc12)C1CCN(C(C)C)CC1.CCN(c1cc(C#CCN2CCOCC2)cc2c(NCc3c(C)cc(C)[nH]c3=O)nccc12)C1CCN(C(C)C)CC1. The Hall–Kier alpha value is -5.76. The Balaban J connectivity index is 0.000000206. The fraction of sp³-hybridized carbons (Fsp3) is 0.508. The third-order valence-corrected chi connectivity index (χ3v) is 16.3. The van der Waals surface area contributed by atoms with E-state index in [-0.39, 0.29) is 11.1 Å². The molecule has 3 saturated heterocycles. The lowest BCUT2D eigenvalue weighted by Gasteiger charge is -2.41. The van der Waals surface area contributed by atoms with E-state index < -0.39 is 0 Å². The van der Waals surface area contributed by atoms with Crippen LogP contribution >= 0.6 is 15.9 Å². The van der Waals surface area contributed by atoms with Crippen LogP contribution in [0.4, 0.5) is 23.0 Å². The van der Waals surface area contributed by atoms with Crippen molar-refractivity contribution in [2.24, 2.45) is 0 Å². The Morgan fingerprint density at radius 1 is 0.658 bits per heavy atom. The van der Waals surface area contributed by atoms with Gasteiger partial charge in [0.05, 0.1) is 19.8 Å². The topological polar surface area (TPSA) is 141 Å². The molecule has 7 heterocycles. The van der Waals surface area contributed by atoms with Crippen molar-refractivity contribution in [2.75, 3.05) is 92.5 Å². The number of nitrogens with one attached hydrogen (secondary N) is 4. The highest BCUT2D eigenvalue weighted by Crippen LogP contribution is 2.38. The molecule has 2 aromatic carbocycles. The number of H-pyrrole nitrogens is 2. The fourth-order valence-corrected chi connectivity index (χ4v) is 12.0. The maximum absolute atomic E-state index is 12.7. The number of hydrogen-bond acceptors (Lipinski definition) is 12. The van der Waals surface area contributed by atoms with Crippen molar-refractivity contribution in [2.45, 2.75) is 132 Å². The molecule has 3 aliphatic rings. The molecule has 0 bridgehead atoms. The number of aromatic nitrogens is 4. The van der Waals surface area contributed by atoms with Crippen molar-refractivity contribution in [1.82, 2.24) is 34.6 Å². The van der Waals surface area contributed by atoms with Crippen molar-refractivity contribution in [1.29, 1.82) is 0 Å². The smallest absolute Gasteiger partial charge is 0.253 e. The third-order valence-electron chi connectivity index (χ3n) is 15.8. The molecule has 0 aliphatic carbocycles. The molecule has 76 heavy (non-hydrogen) atoms. The van der Waals surface area contributed by atoms with Gasteiger partial charge in [0.2, 0.25) is 0 Å². The first kappa shape index (κ1) is 56.4. The normalized spacial score (nSPS) is 16.2. The molecule has 0 atom stereocenters. The Morgan fingerprint density at radius 3 is 1.57 bits per heavy atom. The van der Waals surface area contributed by atoms with E-state index in [4.69, 9.17) is 9.72 Å². The maximum Gasteiger partial charge on any atom is 0.253 e. The molecule has 0 unspecified atom stereocenters. The first-order valence-electron chi connectivity index (χ1n) is 27.8. The first-order valence-corrected chi connectivity index (χ1v) is 28.6. The molecule has 0 radical (unpaired) electrons. The Kier molecular flexibility index (Phi) is 19.4. The molecule has 406 valence electrons. The second kappa shape index (κ2) is 26.1. The van der Waals surface area contributed by atoms with E-state index in [0.29, 0.717) is 37.3 Å². The molecule has 0 saturated carbocycles. The minimum atomic E-state index is -0.0551. The van der Waals surface area contributed by atoms with Crippen LogP contribution in [0.15, 0.2) is 75.0 Å². The van der Waals surface area contributed by atoms with E-state index in [1.807, 2.05) is 52.2 Å². The highest BCUT2D eigenvalue weighted by Gasteiger charge is 2.29. The van der Waals surface area contributed by atoms with Crippen LogP contribution in [0.25, 0.3) is 21.5 Å². The number of aryl methyl sites for hydroxylation is 4. The van der Waals surface area contributed by atoms with E-state index in [9.17, 15) is 9.59 Å². The second-order valence-electron chi connectivity index (χ2n) is 21.5. The van der Waals surface area contributed by atoms with Crippen LogP contribution in [-0.4, -0.2) is 131 Å². The first-order chi connectivity index (χ1) is 36.6. The van der Waals surface area contributed by atoms with Gasteiger partial charge in [0, 0.05) is 167 Å². The third kappa shape index (κ3) is 13.7. The molecule has 4 N–H and O–H groups in total. The zero-order chi connectivity index (χ0) is 54.0. The van der Waals surface area contributed by atoms with Crippen molar-refractivity contribution in [3.8, 4) is 11.8 Å². The number of anilines is 4. The summed E-state index contributed by atoms with van der Waals surface area (Å²) in [6.45, 7) is 32.8. The quantitative estimate of drug-likeness (QED) is 0.0728. The highest BCUT2D eigenvalue weighted by molar-refractivity contribution is 9.10. The second-order valence-corrected chi connectivity index (χ2v) is 22.4. The number of nitrogens with zero attached hydrogens (tertiary/aromatic N) is 7. The number of rotatable bonds is 15. The largest absolute Gasteiger partial charge is 0.379 e. The number of fused-ring (bicyclic) bond motifs is 2. The summed E-state index contributed by atoms with van der Waals surface area (Å²) in [7, 11) is 0. The summed E-state index contributed by atoms with van der Waals surface area (Å²) in [5.74, 6) is 8.47. The van der Waals surface area contributed by atoms with Crippen LogP contribution in [0, 0.1) is 39.5 Å². The van der Waals surface area contributed by atoms with Gasteiger partial charge in [0.15, 0.2) is 0 Å². The van der Waals surface area contributed by atoms with Crippen molar-refractivity contribution in [3.05, 3.63) is 125 Å². The van der Waals surface area contributed by atoms with E-state index in [1.165, 1.54) is 29.6 Å². The number of pyridine rings is 4. The van der Waals surface area contributed by atoms with Gasteiger partial charge in [-0.2, -0.15) is 0 Å². The number of piperidine rings is 2. The van der Waals surface area contributed by atoms with Gasteiger partial charge in [0.1, 0.15) is 11.6 Å².